The molecule has 66 valence electrons. The lowest BCUT2D eigenvalue weighted by Gasteiger charge is -2.01. The van der Waals surface area contributed by atoms with E-state index in [1.807, 2.05) is 6.07 Å². The molecule has 0 saturated heterocycles. The molecule has 0 fully saturated rings. The number of rotatable bonds is 0. The van der Waals surface area contributed by atoms with Crippen molar-refractivity contribution in [3.63, 3.8) is 0 Å². The van der Waals surface area contributed by atoms with E-state index in [4.69, 9.17) is 4.84 Å². The van der Waals surface area contributed by atoms with Crippen LogP contribution in [-0.2, 0) is 17.9 Å². The quantitative estimate of drug-likeness (QED) is 0.664. The second-order valence-electron chi connectivity index (χ2n) is 2.70. The first-order valence-electron chi connectivity index (χ1n) is 3.88. The van der Waals surface area contributed by atoms with E-state index in [1.54, 1.807) is 0 Å². The predicted molar refractivity (Wildman–Crippen MR) is 50.2 cm³/mol. The lowest BCUT2D eigenvalue weighted by Crippen LogP contribution is -2.13. The Bertz CT molecular complexity index is 227. The van der Waals surface area contributed by atoms with Crippen LogP contribution in [0.15, 0.2) is 24.3 Å². The molecule has 1 aromatic rings. The van der Waals surface area contributed by atoms with Gasteiger partial charge in [0.2, 0.25) is 0 Å². The molecule has 1 N–H and O–H groups in total. The fourth-order valence-electron chi connectivity index (χ4n) is 1.33. The molecule has 1 aliphatic heterocycles. The van der Waals surface area contributed by atoms with E-state index in [9.17, 15) is 0 Å². The normalized spacial score (nSPS) is 15.7. The predicted octanol–water partition coefficient (Wildman–Crippen LogP) is 1.69. The monoisotopic (exact) mass is 185 g/mol. The summed E-state index contributed by atoms with van der Waals surface area (Å²) in [6.45, 7) is 1.60. The standard InChI is InChI=1S/C9H11NO.ClH/c1-2-4-9-7-11-10-6-5-8(9)3-1;/h1-4,10H,5-7H2;1H. The van der Waals surface area contributed by atoms with Crippen molar-refractivity contribution >= 4 is 12.4 Å². The Morgan fingerprint density at radius 3 is 2.75 bits per heavy atom. The van der Waals surface area contributed by atoms with E-state index in [2.05, 4.69) is 23.7 Å². The molecule has 0 bridgehead atoms. The van der Waals surface area contributed by atoms with Gasteiger partial charge >= 0.3 is 0 Å². The van der Waals surface area contributed by atoms with Crippen LogP contribution in [0, 0.1) is 0 Å². The molecule has 0 aliphatic carbocycles. The maximum Gasteiger partial charge on any atom is 0.0935 e. The zero-order valence-corrected chi connectivity index (χ0v) is 7.56. The number of fused-ring (bicyclic) bond motifs is 1. The summed E-state index contributed by atoms with van der Waals surface area (Å²) in [4.78, 5) is 5.17. The van der Waals surface area contributed by atoms with Gasteiger partial charge in [0.15, 0.2) is 0 Å². The summed E-state index contributed by atoms with van der Waals surface area (Å²) in [5, 5.41) is 0. The molecule has 1 aliphatic rings. The maximum atomic E-state index is 5.17. The van der Waals surface area contributed by atoms with Crippen molar-refractivity contribution in [3.8, 4) is 0 Å². The van der Waals surface area contributed by atoms with Gasteiger partial charge in [0.05, 0.1) is 6.61 Å². The van der Waals surface area contributed by atoms with Gasteiger partial charge in [0.25, 0.3) is 0 Å². The van der Waals surface area contributed by atoms with Gasteiger partial charge in [-0.3, -0.25) is 4.84 Å². The molecule has 0 aromatic heterocycles. The molecule has 2 rings (SSSR count). The van der Waals surface area contributed by atoms with Crippen molar-refractivity contribution in [1.82, 2.24) is 5.48 Å². The van der Waals surface area contributed by atoms with Crippen molar-refractivity contribution in [2.45, 2.75) is 13.0 Å². The molecular weight excluding hydrogens is 174 g/mol. The van der Waals surface area contributed by atoms with Crippen LogP contribution in [0.25, 0.3) is 0 Å². The van der Waals surface area contributed by atoms with Crippen molar-refractivity contribution in [1.29, 1.82) is 0 Å². The Kier molecular flexibility index (Phi) is 3.53. The van der Waals surface area contributed by atoms with Crippen LogP contribution < -0.4 is 5.48 Å². The average Bonchev–Trinajstić information content (AvgIpc) is 2.28. The highest BCUT2D eigenvalue weighted by Crippen LogP contribution is 2.11. The number of hydrogen-bond donors (Lipinski definition) is 1. The zero-order valence-electron chi connectivity index (χ0n) is 6.75. The van der Waals surface area contributed by atoms with Gasteiger partial charge in [-0.1, -0.05) is 24.3 Å². The highest BCUT2D eigenvalue weighted by atomic mass is 35.5. The molecule has 0 spiro atoms. The topological polar surface area (TPSA) is 21.3 Å². The Hall–Kier alpha value is -0.570. The van der Waals surface area contributed by atoms with Gasteiger partial charge in [-0.05, 0) is 17.5 Å². The number of nitrogens with one attached hydrogen (secondary N) is 1. The highest BCUT2D eigenvalue weighted by molar-refractivity contribution is 5.85. The van der Waals surface area contributed by atoms with Crippen LogP contribution in [0.1, 0.15) is 11.1 Å². The van der Waals surface area contributed by atoms with E-state index in [-0.39, 0.29) is 12.4 Å². The highest BCUT2D eigenvalue weighted by Gasteiger charge is 2.04. The van der Waals surface area contributed by atoms with E-state index < -0.39 is 0 Å². The molecule has 0 atom stereocenters. The Morgan fingerprint density at radius 1 is 1.17 bits per heavy atom. The second-order valence-corrected chi connectivity index (χ2v) is 2.70. The van der Waals surface area contributed by atoms with Crippen LogP contribution in [0.3, 0.4) is 0 Å². The first-order valence-corrected chi connectivity index (χ1v) is 3.88. The van der Waals surface area contributed by atoms with E-state index in [0.29, 0.717) is 6.61 Å². The van der Waals surface area contributed by atoms with Crippen LogP contribution in [0.5, 0.6) is 0 Å². The van der Waals surface area contributed by atoms with Crippen molar-refractivity contribution < 1.29 is 4.84 Å². The Morgan fingerprint density at radius 2 is 1.92 bits per heavy atom. The van der Waals surface area contributed by atoms with E-state index >= 15 is 0 Å². The van der Waals surface area contributed by atoms with Crippen molar-refractivity contribution in [2.24, 2.45) is 0 Å². The van der Waals surface area contributed by atoms with Gasteiger partial charge in [0.1, 0.15) is 0 Å². The maximum absolute atomic E-state index is 5.17. The Balaban J connectivity index is 0.000000720. The molecule has 0 unspecified atom stereocenters. The van der Waals surface area contributed by atoms with Crippen LogP contribution in [0.4, 0.5) is 0 Å². The average molecular weight is 186 g/mol. The molecule has 0 radical (unpaired) electrons. The summed E-state index contributed by atoms with van der Waals surface area (Å²) < 4.78 is 0. The SMILES string of the molecule is Cl.c1ccc2c(c1)CCNOC2. The summed E-state index contributed by atoms with van der Waals surface area (Å²) in [6, 6.07) is 8.39. The summed E-state index contributed by atoms with van der Waals surface area (Å²) in [5.74, 6) is 0. The van der Waals surface area contributed by atoms with Crippen LogP contribution in [-0.4, -0.2) is 6.54 Å². The molecule has 2 nitrogen and oxygen atoms in total. The third kappa shape index (κ3) is 1.97. The van der Waals surface area contributed by atoms with Crippen LogP contribution >= 0.6 is 12.4 Å². The second kappa shape index (κ2) is 4.45. The van der Waals surface area contributed by atoms with Gasteiger partial charge in [-0.2, -0.15) is 0 Å². The minimum absolute atomic E-state index is 0. The summed E-state index contributed by atoms with van der Waals surface area (Å²) >= 11 is 0. The lowest BCUT2D eigenvalue weighted by atomic mass is 10.1. The molecule has 12 heavy (non-hydrogen) atoms. The number of hydrogen-bond acceptors (Lipinski definition) is 2. The van der Waals surface area contributed by atoms with Crippen LogP contribution in [0.2, 0.25) is 0 Å². The molecule has 1 aromatic carbocycles. The fraction of sp³-hybridized carbons (Fsp3) is 0.333. The van der Waals surface area contributed by atoms with Gasteiger partial charge in [0, 0.05) is 6.54 Å². The minimum atomic E-state index is 0. The third-order valence-corrected chi connectivity index (χ3v) is 1.94. The molecule has 1 heterocycles. The zero-order chi connectivity index (χ0) is 7.52. The minimum Gasteiger partial charge on any atom is -0.297 e. The first kappa shape index (κ1) is 9.52. The first-order chi connectivity index (χ1) is 5.47. The smallest absolute Gasteiger partial charge is 0.0935 e. The molecular formula is C9H12ClNO. The van der Waals surface area contributed by atoms with E-state index in [0.717, 1.165) is 13.0 Å². The molecule has 0 saturated carbocycles. The third-order valence-electron chi connectivity index (χ3n) is 1.94. The Labute approximate surface area is 78.3 Å². The summed E-state index contributed by atoms with van der Waals surface area (Å²) in [7, 11) is 0. The molecule has 0 amide bonds. The van der Waals surface area contributed by atoms with Gasteiger partial charge in [-0.15, -0.1) is 12.4 Å². The van der Waals surface area contributed by atoms with Gasteiger partial charge in [-0.25, -0.2) is 5.48 Å². The fourth-order valence-corrected chi connectivity index (χ4v) is 1.33. The van der Waals surface area contributed by atoms with E-state index in [1.165, 1.54) is 11.1 Å². The number of halogens is 1. The largest absolute Gasteiger partial charge is 0.297 e. The van der Waals surface area contributed by atoms with Crippen molar-refractivity contribution in [3.05, 3.63) is 35.4 Å². The molecule has 3 heteroatoms. The number of hydroxylamine groups is 1. The van der Waals surface area contributed by atoms with Gasteiger partial charge < -0.3 is 0 Å². The summed E-state index contributed by atoms with van der Waals surface area (Å²) in [5.41, 5.74) is 5.60. The summed E-state index contributed by atoms with van der Waals surface area (Å²) in [6.07, 6.45) is 1.07. The van der Waals surface area contributed by atoms with Crippen molar-refractivity contribution in [2.75, 3.05) is 6.54 Å². The number of benzene rings is 1. The lowest BCUT2D eigenvalue weighted by molar-refractivity contribution is 0.0341.